The van der Waals surface area contributed by atoms with E-state index in [1.807, 2.05) is 29.2 Å². The summed E-state index contributed by atoms with van der Waals surface area (Å²) in [4.78, 5) is 14.7. The smallest absolute Gasteiger partial charge is 0.267 e. The zero-order valence-electron chi connectivity index (χ0n) is 12.7. The van der Waals surface area contributed by atoms with E-state index in [1.54, 1.807) is 0 Å². The van der Waals surface area contributed by atoms with Crippen molar-refractivity contribution >= 4 is 5.91 Å². The molecule has 5 heteroatoms. The molecule has 1 aromatic carbocycles. The first-order chi connectivity index (χ1) is 10.8. The molecule has 2 fully saturated rings. The number of carbonyl (C=O) groups excluding carboxylic acids is 1. The maximum Gasteiger partial charge on any atom is 0.267 e. The second-order valence-electron chi connectivity index (χ2n) is 6.62. The van der Waals surface area contributed by atoms with Gasteiger partial charge in [-0.2, -0.15) is 0 Å². The first-order valence-corrected chi connectivity index (χ1v) is 8.14. The number of hydrogen-bond acceptors (Lipinski definition) is 4. The maximum atomic E-state index is 12.7. The van der Waals surface area contributed by atoms with E-state index in [0.29, 0.717) is 17.8 Å². The van der Waals surface area contributed by atoms with Crippen molar-refractivity contribution in [2.24, 2.45) is 5.41 Å². The first kappa shape index (κ1) is 13.9. The minimum Gasteiger partial charge on any atom is -0.485 e. The summed E-state index contributed by atoms with van der Waals surface area (Å²) in [6.45, 7) is 4.16. The number of fused-ring (bicyclic) bond motifs is 1. The van der Waals surface area contributed by atoms with Crippen LogP contribution >= 0.6 is 0 Å². The highest BCUT2D eigenvalue weighted by Gasteiger charge is 2.43. The lowest BCUT2D eigenvalue weighted by Crippen LogP contribution is -2.47. The van der Waals surface area contributed by atoms with Crippen molar-refractivity contribution in [2.75, 3.05) is 32.8 Å². The number of hydrogen-bond donors (Lipinski definition) is 1. The van der Waals surface area contributed by atoms with Crippen LogP contribution in [0.25, 0.3) is 0 Å². The van der Waals surface area contributed by atoms with E-state index in [-0.39, 0.29) is 5.91 Å². The molecular formula is C17H22N2O3. The monoisotopic (exact) mass is 302 g/mol. The average Bonchev–Trinajstić information content (AvgIpc) is 2.98. The molecule has 118 valence electrons. The van der Waals surface area contributed by atoms with Gasteiger partial charge in [0.05, 0.1) is 0 Å². The number of carbonyl (C=O) groups is 1. The molecule has 0 bridgehead atoms. The minimum atomic E-state index is -0.508. The summed E-state index contributed by atoms with van der Waals surface area (Å²) in [5.74, 6) is 1.47. The van der Waals surface area contributed by atoms with Crippen molar-refractivity contribution in [3.63, 3.8) is 0 Å². The van der Waals surface area contributed by atoms with Crippen LogP contribution in [0.5, 0.6) is 11.5 Å². The molecule has 1 N–H and O–H groups in total. The second-order valence-corrected chi connectivity index (χ2v) is 6.62. The van der Waals surface area contributed by atoms with Crippen molar-refractivity contribution in [1.29, 1.82) is 0 Å². The van der Waals surface area contributed by atoms with Crippen LogP contribution in [-0.2, 0) is 4.79 Å². The molecule has 2 saturated heterocycles. The third-order valence-corrected chi connectivity index (χ3v) is 5.20. The van der Waals surface area contributed by atoms with Crippen LogP contribution in [0.1, 0.15) is 19.3 Å². The number of likely N-dealkylation sites (tertiary alicyclic amines) is 1. The maximum absolute atomic E-state index is 12.7. The van der Waals surface area contributed by atoms with Crippen molar-refractivity contribution < 1.29 is 14.3 Å². The number of para-hydroxylation sites is 2. The number of nitrogens with one attached hydrogen (secondary N) is 1. The summed E-state index contributed by atoms with van der Waals surface area (Å²) in [6.07, 6.45) is 2.94. The summed E-state index contributed by atoms with van der Waals surface area (Å²) in [5, 5.41) is 3.41. The fourth-order valence-electron chi connectivity index (χ4n) is 3.83. The number of benzene rings is 1. The molecule has 22 heavy (non-hydrogen) atoms. The normalized spacial score (nSPS) is 26.2. The first-order valence-electron chi connectivity index (χ1n) is 8.14. The predicted octanol–water partition coefficient (Wildman–Crippen LogP) is 1.43. The third kappa shape index (κ3) is 2.43. The molecule has 1 spiro atoms. The molecule has 5 nitrogen and oxygen atoms in total. The van der Waals surface area contributed by atoms with Crippen LogP contribution in [-0.4, -0.2) is 49.7 Å². The zero-order chi connectivity index (χ0) is 15.0. The Morgan fingerprint density at radius 1 is 1.18 bits per heavy atom. The Hall–Kier alpha value is -1.75. The molecule has 0 aromatic heterocycles. The summed E-state index contributed by atoms with van der Waals surface area (Å²) in [5.41, 5.74) is 0.328. The van der Waals surface area contributed by atoms with Gasteiger partial charge in [0.2, 0.25) is 6.10 Å². The molecule has 0 saturated carbocycles. The van der Waals surface area contributed by atoms with Gasteiger partial charge in [-0.05, 0) is 49.9 Å². The lowest BCUT2D eigenvalue weighted by atomic mass is 9.78. The van der Waals surface area contributed by atoms with Crippen molar-refractivity contribution in [2.45, 2.75) is 25.4 Å². The van der Waals surface area contributed by atoms with Gasteiger partial charge in [0.25, 0.3) is 5.91 Å². The topological polar surface area (TPSA) is 50.8 Å². The Balaban J connectivity index is 1.43. The second kappa shape index (κ2) is 5.47. The van der Waals surface area contributed by atoms with E-state index in [1.165, 1.54) is 12.8 Å². The Kier molecular flexibility index (Phi) is 3.45. The van der Waals surface area contributed by atoms with Gasteiger partial charge >= 0.3 is 0 Å². The van der Waals surface area contributed by atoms with E-state index in [9.17, 15) is 4.79 Å². The molecule has 3 aliphatic heterocycles. The number of amides is 1. The molecule has 0 aliphatic carbocycles. The fraction of sp³-hybridized carbons (Fsp3) is 0.588. The van der Waals surface area contributed by atoms with Gasteiger partial charge < -0.3 is 19.7 Å². The van der Waals surface area contributed by atoms with E-state index < -0.39 is 6.10 Å². The molecule has 4 rings (SSSR count). The van der Waals surface area contributed by atoms with Gasteiger partial charge in [-0.15, -0.1) is 0 Å². The fourth-order valence-corrected chi connectivity index (χ4v) is 3.83. The van der Waals surface area contributed by atoms with E-state index in [4.69, 9.17) is 9.47 Å². The third-order valence-electron chi connectivity index (χ3n) is 5.20. The Morgan fingerprint density at radius 3 is 2.77 bits per heavy atom. The van der Waals surface area contributed by atoms with E-state index >= 15 is 0 Å². The molecule has 1 atom stereocenters. The summed E-state index contributed by atoms with van der Waals surface area (Å²) in [6, 6.07) is 7.53. The molecule has 1 unspecified atom stereocenters. The molecule has 3 aliphatic rings. The SMILES string of the molecule is O=C(C1COc2ccccc2O1)N1CCC2(CCNCC2)C1. The Bertz CT molecular complexity index is 569. The number of rotatable bonds is 1. The molecular weight excluding hydrogens is 280 g/mol. The van der Waals surface area contributed by atoms with Crippen LogP contribution in [0, 0.1) is 5.41 Å². The van der Waals surface area contributed by atoms with E-state index in [2.05, 4.69) is 5.32 Å². The lowest BCUT2D eigenvalue weighted by Gasteiger charge is -2.34. The quantitative estimate of drug-likeness (QED) is 0.852. The number of ether oxygens (including phenoxy) is 2. The van der Waals surface area contributed by atoms with Gasteiger partial charge in [-0.3, -0.25) is 4.79 Å². The largest absolute Gasteiger partial charge is 0.485 e. The molecule has 1 amide bonds. The molecule has 3 heterocycles. The Labute approximate surface area is 130 Å². The van der Waals surface area contributed by atoms with Crippen molar-refractivity contribution in [1.82, 2.24) is 10.2 Å². The lowest BCUT2D eigenvalue weighted by molar-refractivity contribution is -0.140. The van der Waals surface area contributed by atoms with Gasteiger partial charge in [-0.1, -0.05) is 12.1 Å². The van der Waals surface area contributed by atoms with Crippen molar-refractivity contribution in [3.8, 4) is 11.5 Å². The van der Waals surface area contributed by atoms with Crippen LogP contribution in [0.4, 0.5) is 0 Å². The van der Waals surface area contributed by atoms with Crippen LogP contribution in [0.2, 0.25) is 0 Å². The van der Waals surface area contributed by atoms with Gasteiger partial charge in [0.15, 0.2) is 11.5 Å². The van der Waals surface area contributed by atoms with Gasteiger partial charge in [0.1, 0.15) is 6.61 Å². The van der Waals surface area contributed by atoms with Crippen molar-refractivity contribution in [3.05, 3.63) is 24.3 Å². The highest BCUT2D eigenvalue weighted by Crippen LogP contribution is 2.39. The van der Waals surface area contributed by atoms with Crippen LogP contribution in [0.3, 0.4) is 0 Å². The van der Waals surface area contributed by atoms with Crippen LogP contribution in [0.15, 0.2) is 24.3 Å². The predicted molar refractivity (Wildman–Crippen MR) is 82.1 cm³/mol. The summed E-state index contributed by atoms with van der Waals surface area (Å²) < 4.78 is 11.5. The average molecular weight is 302 g/mol. The minimum absolute atomic E-state index is 0.0740. The van der Waals surface area contributed by atoms with Gasteiger partial charge in [0, 0.05) is 13.1 Å². The van der Waals surface area contributed by atoms with Crippen LogP contribution < -0.4 is 14.8 Å². The highest BCUT2D eigenvalue weighted by atomic mass is 16.6. The zero-order valence-corrected chi connectivity index (χ0v) is 12.7. The number of nitrogens with zero attached hydrogens (tertiary/aromatic N) is 1. The Morgan fingerprint density at radius 2 is 1.95 bits per heavy atom. The van der Waals surface area contributed by atoms with Gasteiger partial charge in [-0.25, -0.2) is 0 Å². The standard InChI is InChI=1S/C17H22N2O3/c20-16(15-11-21-13-3-1-2-4-14(13)22-15)19-10-7-17(12-19)5-8-18-9-6-17/h1-4,15,18H,5-12H2. The summed E-state index contributed by atoms with van der Waals surface area (Å²) >= 11 is 0. The van der Waals surface area contributed by atoms with E-state index in [0.717, 1.165) is 38.3 Å². The highest BCUT2D eigenvalue weighted by molar-refractivity contribution is 5.82. The molecule has 0 radical (unpaired) electrons. The molecule has 1 aromatic rings. The summed E-state index contributed by atoms with van der Waals surface area (Å²) in [7, 11) is 0. The number of piperidine rings is 1.